The highest BCUT2D eigenvalue weighted by molar-refractivity contribution is 6.31. The number of benzene rings is 1. The van der Waals surface area contributed by atoms with Crippen LogP contribution in [0.1, 0.15) is 31.7 Å². The van der Waals surface area contributed by atoms with Crippen molar-refractivity contribution in [2.45, 2.75) is 32.2 Å². The first kappa shape index (κ1) is 13.3. The van der Waals surface area contributed by atoms with Gasteiger partial charge in [-0.25, -0.2) is 0 Å². The Morgan fingerprint density at radius 1 is 1.33 bits per heavy atom. The maximum Gasteiger partial charge on any atom is 0.0719 e. The molecule has 18 heavy (non-hydrogen) atoms. The number of fused-ring (bicyclic) bond motifs is 1. The molecule has 2 nitrogen and oxygen atoms in total. The smallest absolute Gasteiger partial charge is 0.0719 e. The van der Waals surface area contributed by atoms with Gasteiger partial charge in [0, 0.05) is 22.6 Å². The van der Waals surface area contributed by atoms with Crippen molar-refractivity contribution in [2.75, 3.05) is 7.05 Å². The van der Waals surface area contributed by atoms with E-state index in [0.29, 0.717) is 12.0 Å². The van der Waals surface area contributed by atoms with Crippen molar-refractivity contribution in [1.29, 1.82) is 0 Å². The van der Waals surface area contributed by atoms with Crippen LogP contribution >= 0.6 is 11.6 Å². The van der Waals surface area contributed by atoms with Crippen LogP contribution in [0.5, 0.6) is 0 Å². The van der Waals surface area contributed by atoms with Crippen LogP contribution < -0.4 is 5.32 Å². The maximum absolute atomic E-state index is 6.02. The number of rotatable bonds is 4. The molecule has 1 heterocycles. The highest BCUT2D eigenvalue weighted by atomic mass is 35.5. The number of hydrogen-bond acceptors (Lipinski definition) is 2. The number of nitrogens with one attached hydrogen (secondary N) is 1. The maximum atomic E-state index is 6.02. The minimum Gasteiger partial charge on any atom is -0.317 e. The summed E-state index contributed by atoms with van der Waals surface area (Å²) in [6.07, 6.45) is 2.97. The van der Waals surface area contributed by atoms with Gasteiger partial charge in [0.05, 0.1) is 5.52 Å². The van der Waals surface area contributed by atoms with Gasteiger partial charge in [-0.2, -0.15) is 0 Å². The van der Waals surface area contributed by atoms with E-state index in [9.17, 15) is 0 Å². The molecular formula is C15H19ClN2. The zero-order valence-corrected chi connectivity index (χ0v) is 11.8. The molecule has 0 bridgehead atoms. The van der Waals surface area contributed by atoms with Gasteiger partial charge in [0.15, 0.2) is 0 Å². The minimum atomic E-state index is 0.441. The van der Waals surface area contributed by atoms with Crippen LogP contribution in [0, 0.1) is 0 Å². The van der Waals surface area contributed by atoms with Crippen LogP contribution in [-0.2, 0) is 0 Å². The van der Waals surface area contributed by atoms with E-state index in [1.807, 2.05) is 25.4 Å². The molecule has 1 N–H and O–H groups in total. The Morgan fingerprint density at radius 2 is 2.11 bits per heavy atom. The van der Waals surface area contributed by atoms with Crippen molar-refractivity contribution < 1.29 is 0 Å². The molecule has 0 aliphatic rings. The van der Waals surface area contributed by atoms with E-state index in [2.05, 4.69) is 36.3 Å². The topological polar surface area (TPSA) is 24.9 Å². The Labute approximate surface area is 113 Å². The quantitative estimate of drug-likeness (QED) is 0.901. The number of halogens is 1. The van der Waals surface area contributed by atoms with Crippen LogP contribution in [-0.4, -0.2) is 18.1 Å². The fourth-order valence-electron chi connectivity index (χ4n) is 2.51. The Hall–Kier alpha value is -1.12. The number of pyridine rings is 1. The zero-order chi connectivity index (χ0) is 13.1. The number of aromatic nitrogens is 1. The summed E-state index contributed by atoms with van der Waals surface area (Å²) < 4.78 is 0. The Balaban J connectivity index is 2.56. The van der Waals surface area contributed by atoms with Gasteiger partial charge in [-0.1, -0.05) is 24.6 Å². The molecule has 2 atom stereocenters. The molecule has 0 saturated carbocycles. The largest absolute Gasteiger partial charge is 0.317 e. The van der Waals surface area contributed by atoms with Crippen LogP contribution in [0.25, 0.3) is 10.9 Å². The summed E-state index contributed by atoms with van der Waals surface area (Å²) in [5, 5.41) is 5.29. The number of likely N-dealkylation sites (N-methyl/N-ethyl adjacent to an activating group) is 1. The molecule has 1 aromatic heterocycles. The molecule has 0 saturated heterocycles. The molecule has 1 aromatic carbocycles. The Bertz CT molecular complexity index is 539. The van der Waals surface area contributed by atoms with Crippen molar-refractivity contribution in [3.05, 3.63) is 41.0 Å². The predicted molar refractivity (Wildman–Crippen MR) is 78.3 cm³/mol. The van der Waals surface area contributed by atoms with Gasteiger partial charge in [-0.15, -0.1) is 0 Å². The molecule has 0 spiro atoms. The van der Waals surface area contributed by atoms with Crippen LogP contribution in [0.15, 0.2) is 30.5 Å². The molecular weight excluding hydrogens is 244 g/mol. The van der Waals surface area contributed by atoms with Gasteiger partial charge in [-0.3, -0.25) is 4.98 Å². The van der Waals surface area contributed by atoms with Crippen LogP contribution in [0.3, 0.4) is 0 Å². The first-order chi connectivity index (χ1) is 8.67. The highest BCUT2D eigenvalue weighted by Crippen LogP contribution is 2.30. The SMILES string of the molecule is CCC(c1ccnc2cc(Cl)ccc12)C(C)NC. The van der Waals surface area contributed by atoms with E-state index < -0.39 is 0 Å². The monoisotopic (exact) mass is 262 g/mol. The molecule has 2 unspecified atom stereocenters. The van der Waals surface area contributed by atoms with Crippen LogP contribution in [0.2, 0.25) is 5.02 Å². The molecule has 0 aliphatic heterocycles. The van der Waals surface area contributed by atoms with Gasteiger partial charge in [-0.05, 0) is 50.1 Å². The summed E-state index contributed by atoms with van der Waals surface area (Å²) in [6, 6.07) is 8.50. The van der Waals surface area contributed by atoms with Crippen molar-refractivity contribution in [3.63, 3.8) is 0 Å². The van der Waals surface area contributed by atoms with Crippen molar-refractivity contribution in [3.8, 4) is 0 Å². The summed E-state index contributed by atoms with van der Waals surface area (Å²) in [5.41, 5.74) is 2.32. The predicted octanol–water partition coefficient (Wildman–Crippen LogP) is 3.99. The summed E-state index contributed by atoms with van der Waals surface area (Å²) in [6.45, 7) is 4.44. The average Bonchev–Trinajstić information content (AvgIpc) is 2.39. The van der Waals surface area contributed by atoms with Crippen molar-refractivity contribution in [1.82, 2.24) is 10.3 Å². The molecule has 0 aliphatic carbocycles. The molecule has 3 heteroatoms. The summed E-state index contributed by atoms with van der Waals surface area (Å²) in [5.74, 6) is 0.488. The van der Waals surface area contributed by atoms with Gasteiger partial charge in [0.1, 0.15) is 0 Å². The molecule has 0 amide bonds. The fraction of sp³-hybridized carbons (Fsp3) is 0.400. The minimum absolute atomic E-state index is 0.441. The first-order valence-corrected chi connectivity index (χ1v) is 6.76. The lowest BCUT2D eigenvalue weighted by Crippen LogP contribution is -2.28. The standard InChI is InChI=1S/C15H19ClN2/c1-4-12(10(2)17-3)13-7-8-18-15-9-11(16)5-6-14(13)15/h5-10,12,17H,4H2,1-3H3. The van der Waals surface area contributed by atoms with E-state index in [1.165, 1.54) is 10.9 Å². The lowest BCUT2D eigenvalue weighted by atomic mass is 9.88. The third-order valence-electron chi connectivity index (χ3n) is 3.64. The van der Waals surface area contributed by atoms with Gasteiger partial charge in [0.2, 0.25) is 0 Å². The van der Waals surface area contributed by atoms with Gasteiger partial charge >= 0.3 is 0 Å². The summed E-state index contributed by atoms with van der Waals surface area (Å²) in [4.78, 5) is 4.40. The summed E-state index contributed by atoms with van der Waals surface area (Å²) in [7, 11) is 2.01. The number of nitrogens with zero attached hydrogens (tertiary/aromatic N) is 1. The molecule has 2 rings (SSSR count). The second-order valence-corrected chi connectivity index (χ2v) is 5.09. The van der Waals surface area contributed by atoms with Crippen molar-refractivity contribution in [2.24, 2.45) is 0 Å². The number of hydrogen-bond donors (Lipinski definition) is 1. The van der Waals surface area contributed by atoms with E-state index >= 15 is 0 Å². The molecule has 96 valence electrons. The third kappa shape index (κ3) is 2.50. The van der Waals surface area contributed by atoms with E-state index in [-0.39, 0.29) is 0 Å². The van der Waals surface area contributed by atoms with Crippen molar-refractivity contribution >= 4 is 22.5 Å². The van der Waals surface area contributed by atoms with Crippen LogP contribution in [0.4, 0.5) is 0 Å². The first-order valence-electron chi connectivity index (χ1n) is 6.38. The van der Waals surface area contributed by atoms with Gasteiger partial charge < -0.3 is 5.32 Å². The normalized spacial score (nSPS) is 14.7. The van der Waals surface area contributed by atoms with E-state index in [4.69, 9.17) is 11.6 Å². The van der Waals surface area contributed by atoms with Gasteiger partial charge in [0.25, 0.3) is 0 Å². The Morgan fingerprint density at radius 3 is 2.78 bits per heavy atom. The summed E-state index contributed by atoms with van der Waals surface area (Å²) >= 11 is 6.02. The fourth-order valence-corrected chi connectivity index (χ4v) is 2.68. The lowest BCUT2D eigenvalue weighted by molar-refractivity contribution is 0.485. The average molecular weight is 263 g/mol. The Kier molecular flexibility index (Phi) is 4.20. The highest BCUT2D eigenvalue weighted by Gasteiger charge is 2.18. The third-order valence-corrected chi connectivity index (χ3v) is 3.87. The van der Waals surface area contributed by atoms with E-state index in [1.54, 1.807) is 0 Å². The lowest BCUT2D eigenvalue weighted by Gasteiger charge is -2.24. The second kappa shape index (κ2) is 5.68. The molecule has 0 radical (unpaired) electrons. The zero-order valence-electron chi connectivity index (χ0n) is 11.1. The molecule has 0 fully saturated rings. The molecule has 2 aromatic rings. The second-order valence-electron chi connectivity index (χ2n) is 4.65. The van der Waals surface area contributed by atoms with E-state index in [0.717, 1.165) is 17.0 Å².